The second kappa shape index (κ2) is 8.57. The van der Waals surface area contributed by atoms with Crippen molar-refractivity contribution in [3.63, 3.8) is 0 Å². The Kier molecular flexibility index (Phi) is 5.62. The third-order valence-electron chi connectivity index (χ3n) is 5.49. The number of fused-ring (bicyclic) bond motifs is 2. The van der Waals surface area contributed by atoms with Gasteiger partial charge in [-0.25, -0.2) is 19.9 Å². The Labute approximate surface area is 193 Å². The number of morpholine rings is 1. The summed E-state index contributed by atoms with van der Waals surface area (Å²) in [5, 5.41) is 5.41. The van der Waals surface area contributed by atoms with Crippen LogP contribution in [0.15, 0.2) is 36.1 Å². The first kappa shape index (κ1) is 21.0. The number of hydrogen-bond donors (Lipinski definition) is 1. The van der Waals surface area contributed by atoms with E-state index in [-0.39, 0.29) is 18.1 Å². The summed E-state index contributed by atoms with van der Waals surface area (Å²) in [6.07, 6.45) is 1.49. The Morgan fingerprint density at radius 3 is 3.06 bits per heavy atom. The van der Waals surface area contributed by atoms with Crippen LogP contribution in [0.25, 0.3) is 21.1 Å². The van der Waals surface area contributed by atoms with E-state index in [1.807, 2.05) is 32.0 Å². The van der Waals surface area contributed by atoms with E-state index >= 15 is 0 Å². The number of anilines is 1. The molecule has 1 amide bonds. The van der Waals surface area contributed by atoms with Crippen LogP contribution in [0, 0.1) is 0 Å². The number of halogens is 1. The molecule has 10 heteroatoms. The fraction of sp³-hybridized carbons (Fsp3) is 0.318. The molecule has 1 saturated heterocycles. The van der Waals surface area contributed by atoms with Crippen molar-refractivity contribution in [2.24, 2.45) is 0 Å². The van der Waals surface area contributed by atoms with Crippen LogP contribution in [0.4, 0.5) is 5.82 Å². The molecule has 1 N–H and O–H groups in total. The highest BCUT2D eigenvalue weighted by Gasteiger charge is 2.27. The Hall–Kier alpha value is -2.88. The number of nitrogens with zero attached hydrogens (tertiary/aromatic N) is 5. The topological polar surface area (TPSA) is 93.1 Å². The van der Waals surface area contributed by atoms with Crippen LogP contribution < -0.4 is 5.32 Å². The summed E-state index contributed by atoms with van der Waals surface area (Å²) in [6.45, 7) is 5.49. The molecule has 32 heavy (non-hydrogen) atoms. The molecular weight excluding hydrogens is 448 g/mol. The molecule has 4 aromatic rings. The highest BCUT2D eigenvalue weighted by molar-refractivity contribution is 7.16. The van der Waals surface area contributed by atoms with Crippen LogP contribution in [-0.2, 0) is 4.74 Å². The molecule has 2 unspecified atom stereocenters. The summed E-state index contributed by atoms with van der Waals surface area (Å²) >= 11 is 7.97. The van der Waals surface area contributed by atoms with Gasteiger partial charge in [0, 0.05) is 18.5 Å². The van der Waals surface area contributed by atoms with Crippen molar-refractivity contribution in [2.45, 2.75) is 26.0 Å². The molecule has 8 nitrogen and oxygen atoms in total. The lowest BCUT2D eigenvalue weighted by Gasteiger charge is -2.31. The molecule has 1 aliphatic heterocycles. The summed E-state index contributed by atoms with van der Waals surface area (Å²) in [5.41, 5.74) is 3.52. The summed E-state index contributed by atoms with van der Waals surface area (Å²) in [5.74, 6) is 0.489. The number of benzene rings is 1. The molecule has 3 aromatic heterocycles. The maximum absolute atomic E-state index is 13.5. The van der Waals surface area contributed by atoms with Crippen molar-refractivity contribution in [1.29, 1.82) is 0 Å². The van der Waals surface area contributed by atoms with Crippen molar-refractivity contribution in [3.05, 3.63) is 52.5 Å². The van der Waals surface area contributed by atoms with Crippen LogP contribution in [0.3, 0.4) is 0 Å². The van der Waals surface area contributed by atoms with E-state index in [2.05, 4.69) is 20.3 Å². The van der Waals surface area contributed by atoms with Crippen LogP contribution in [-0.4, -0.2) is 56.5 Å². The quantitative estimate of drug-likeness (QED) is 0.476. The normalized spacial score (nSPS) is 17.6. The summed E-state index contributed by atoms with van der Waals surface area (Å²) in [4.78, 5) is 33.8. The number of aromatic nitrogens is 4. The van der Waals surface area contributed by atoms with E-state index in [0.29, 0.717) is 52.8 Å². The second-order valence-electron chi connectivity index (χ2n) is 7.76. The zero-order chi connectivity index (χ0) is 22.2. The number of pyridine rings is 1. The van der Waals surface area contributed by atoms with Gasteiger partial charge in [0.2, 0.25) is 0 Å². The maximum Gasteiger partial charge on any atom is 0.273 e. The predicted octanol–water partition coefficient (Wildman–Crippen LogP) is 4.32. The molecule has 4 heterocycles. The van der Waals surface area contributed by atoms with Gasteiger partial charge in [-0.3, -0.25) is 4.79 Å². The van der Waals surface area contributed by atoms with Crippen molar-refractivity contribution < 1.29 is 9.53 Å². The van der Waals surface area contributed by atoms with E-state index in [4.69, 9.17) is 21.3 Å². The smallest absolute Gasteiger partial charge is 0.273 e. The zero-order valence-electron chi connectivity index (χ0n) is 17.6. The molecule has 1 aromatic carbocycles. The lowest BCUT2D eigenvalue weighted by atomic mass is 10.0. The lowest BCUT2D eigenvalue weighted by molar-refractivity contribution is -0.0125. The molecule has 0 spiro atoms. The van der Waals surface area contributed by atoms with Gasteiger partial charge < -0.3 is 15.0 Å². The lowest BCUT2D eigenvalue weighted by Crippen LogP contribution is -2.44. The first-order valence-corrected chi connectivity index (χ1v) is 11.6. The van der Waals surface area contributed by atoms with E-state index in [0.717, 1.165) is 10.2 Å². The van der Waals surface area contributed by atoms with E-state index in [9.17, 15) is 4.79 Å². The molecule has 0 aliphatic carbocycles. The summed E-state index contributed by atoms with van der Waals surface area (Å²) in [7, 11) is 0. The van der Waals surface area contributed by atoms with Gasteiger partial charge in [0.1, 0.15) is 22.4 Å². The molecule has 2 atom stereocenters. The molecule has 0 radical (unpaired) electrons. The highest BCUT2D eigenvalue weighted by atomic mass is 35.5. The number of thiazole rings is 1. The SMILES string of the molecule is CC1CN(C(=O)c2nc(C(C)Nc3ncnc4scnc34)cc3cccc(Cl)c23)CCO1. The number of hydrogen-bond acceptors (Lipinski definition) is 8. The van der Waals surface area contributed by atoms with Gasteiger partial charge in [0.15, 0.2) is 5.82 Å². The number of rotatable bonds is 4. The molecule has 1 aliphatic rings. The maximum atomic E-state index is 13.5. The van der Waals surface area contributed by atoms with Crippen LogP contribution in [0.2, 0.25) is 5.02 Å². The van der Waals surface area contributed by atoms with Gasteiger partial charge in [0.05, 0.1) is 35.0 Å². The largest absolute Gasteiger partial charge is 0.375 e. The fourth-order valence-electron chi connectivity index (χ4n) is 3.90. The number of carbonyl (C=O) groups excluding carboxylic acids is 1. The number of carbonyl (C=O) groups is 1. The second-order valence-corrected chi connectivity index (χ2v) is 9.00. The Bertz CT molecular complexity index is 1310. The highest BCUT2D eigenvalue weighted by Crippen LogP contribution is 2.31. The number of amides is 1. The third-order valence-corrected chi connectivity index (χ3v) is 6.54. The van der Waals surface area contributed by atoms with Gasteiger partial charge in [-0.15, -0.1) is 11.3 Å². The van der Waals surface area contributed by atoms with Crippen molar-refractivity contribution in [3.8, 4) is 0 Å². The zero-order valence-corrected chi connectivity index (χ0v) is 19.2. The van der Waals surface area contributed by atoms with Crippen molar-refractivity contribution in [2.75, 3.05) is 25.0 Å². The molecule has 1 fully saturated rings. The van der Waals surface area contributed by atoms with Crippen LogP contribution in [0.1, 0.15) is 36.1 Å². The van der Waals surface area contributed by atoms with Crippen molar-refractivity contribution >= 4 is 55.8 Å². The molecule has 0 saturated carbocycles. The monoisotopic (exact) mass is 468 g/mol. The van der Waals surface area contributed by atoms with Gasteiger partial charge in [-0.05, 0) is 31.4 Å². The Morgan fingerprint density at radius 1 is 1.34 bits per heavy atom. The summed E-state index contributed by atoms with van der Waals surface area (Å²) in [6, 6.07) is 7.33. The van der Waals surface area contributed by atoms with Gasteiger partial charge in [-0.2, -0.15) is 0 Å². The number of ether oxygens (including phenoxy) is 1. The van der Waals surface area contributed by atoms with E-state index < -0.39 is 0 Å². The minimum absolute atomic E-state index is 0.0171. The summed E-state index contributed by atoms with van der Waals surface area (Å²) < 4.78 is 5.59. The molecule has 5 rings (SSSR count). The minimum atomic E-state index is -0.228. The number of nitrogens with one attached hydrogen (secondary N) is 1. The van der Waals surface area contributed by atoms with Crippen LogP contribution in [0.5, 0.6) is 0 Å². The van der Waals surface area contributed by atoms with Gasteiger partial charge >= 0.3 is 0 Å². The fourth-order valence-corrected chi connectivity index (χ4v) is 4.79. The standard InChI is InChI=1S/C22H21ClN6O2S/c1-12-9-29(6-7-31-12)22(30)18-17-14(4-3-5-15(17)23)8-16(28-18)13(2)27-20-19-21(25-10-24-20)32-11-26-19/h3-5,8,10-13H,6-7,9H2,1-2H3,(H,24,25,27). The Morgan fingerprint density at radius 2 is 2.22 bits per heavy atom. The molecule has 164 valence electrons. The average molecular weight is 469 g/mol. The molecule has 0 bridgehead atoms. The van der Waals surface area contributed by atoms with Crippen molar-refractivity contribution in [1.82, 2.24) is 24.8 Å². The average Bonchev–Trinajstić information content (AvgIpc) is 3.28. The predicted molar refractivity (Wildman–Crippen MR) is 125 cm³/mol. The van der Waals surface area contributed by atoms with Crippen LogP contribution >= 0.6 is 22.9 Å². The van der Waals surface area contributed by atoms with Gasteiger partial charge in [-0.1, -0.05) is 23.7 Å². The van der Waals surface area contributed by atoms with Gasteiger partial charge in [0.25, 0.3) is 5.91 Å². The van der Waals surface area contributed by atoms with E-state index in [1.165, 1.54) is 17.7 Å². The first-order chi connectivity index (χ1) is 15.5. The third kappa shape index (κ3) is 3.87. The first-order valence-electron chi connectivity index (χ1n) is 10.3. The van der Waals surface area contributed by atoms with E-state index in [1.54, 1.807) is 16.5 Å². The Balaban J connectivity index is 1.55. The minimum Gasteiger partial charge on any atom is -0.375 e. The molecular formula is C22H21ClN6O2S.